The van der Waals surface area contributed by atoms with Crippen LogP contribution >= 0.6 is 0 Å². The highest BCUT2D eigenvalue weighted by atomic mass is 32.2. The molecule has 5 rings (SSSR count). The second-order valence-electron chi connectivity index (χ2n) is 8.62. The van der Waals surface area contributed by atoms with Crippen molar-refractivity contribution in [3.63, 3.8) is 0 Å². The maximum atomic E-state index is 13.4. The zero-order valence-electron chi connectivity index (χ0n) is 18.9. The molecule has 1 unspecified atom stereocenters. The van der Waals surface area contributed by atoms with E-state index in [2.05, 4.69) is 16.6 Å². The Labute approximate surface area is 195 Å². The summed E-state index contributed by atoms with van der Waals surface area (Å²) in [7, 11) is 0.455. The van der Waals surface area contributed by atoms with Gasteiger partial charge in [-0.05, 0) is 80.3 Å². The predicted molar refractivity (Wildman–Crippen MR) is 127 cm³/mol. The zero-order valence-corrected chi connectivity index (χ0v) is 19.8. The molecule has 1 atom stereocenters. The summed E-state index contributed by atoms with van der Waals surface area (Å²) < 4.78 is 25.6. The Balaban J connectivity index is 1.38. The fraction of sp³-hybridized carbons (Fsp3) is 0.308. The Morgan fingerprint density at radius 3 is 2.48 bits per heavy atom. The van der Waals surface area contributed by atoms with E-state index < -0.39 is 16.4 Å². The SMILES string of the molecule is CNS(=O)c1ccc(-c2cnc(CC(=O)C3(c4ccc5c(c4)OCO5)CC3)c(C)c2C)cc1. The van der Waals surface area contributed by atoms with Gasteiger partial charge < -0.3 is 9.47 Å². The highest BCUT2D eigenvalue weighted by molar-refractivity contribution is 7.83. The van der Waals surface area contributed by atoms with Gasteiger partial charge in [-0.1, -0.05) is 18.2 Å². The second kappa shape index (κ2) is 8.39. The van der Waals surface area contributed by atoms with Crippen LogP contribution in [-0.2, 0) is 27.6 Å². The van der Waals surface area contributed by atoms with Crippen molar-refractivity contribution in [2.75, 3.05) is 13.8 Å². The Kier molecular flexibility index (Phi) is 5.54. The molecule has 1 fully saturated rings. The summed E-state index contributed by atoms with van der Waals surface area (Å²) in [4.78, 5) is 18.8. The minimum absolute atomic E-state index is 0.197. The number of Topliss-reactive ketones (excluding diaryl/α,β-unsaturated/α-hetero) is 1. The standard InChI is InChI=1S/C26H26N2O4S/c1-16-17(2)22(28-14-21(16)18-4-7-20(8-5-18)33(30)27-3)13-25(29)26(10-11-26)19-6-9-23-24(12-19)32-15-31-23/h4-9,12,14,27H,10-11,13,15H2,1-3H3. The van der Waals surface area contributed by atoms with Gasteiger partial charge in [0.05, 0.1) is 16.0 Å². The van der Waals surface area contributed by atoms with Gasteiger partial charge in [-0.3, -0.25) is 9.78 Å². The lowest BCUT2D eigenvalue weighted by atomic mass is 9.87. The van der Waals surface area contributed by atoms with Crippen LogP contribution in [0.2, 0.25) is 0 Å². The first-order chi connectivity index (χ1) is 15.9. The number of carbonyl (C=O) groups excluding carboxylic acids is 1. The minimum Gasteiger partial charge on any atom is -0.454 e. The van der Waals surface area contributed by atoms with Crippen molar-refractivity contribution in [3.05, 3.63) is 71.0 Å². The third-order valence-corrected chi connectivity index (χ3v) is 7.92. The fourth-order valence-electron chi connectivity index (χ4n) is 4.47. The monoisotopic (exact) mass is 462 g/mol. The molecule has 0 saturated heterocycles. The Bertz CT molecular complexity index is 1270. The molecule has 1 aromatic heterocycles. The summed E-state index contributed by atoms with van der Waals surface area (Å²) >= 11 is 0. The van der Waals surface area contributed by atoms with Crippen molar-refractivity contribution in [2.45, 2.75) is 43.4 Å². The third kappa shape index (κ3) is 3.85. The Morgan fingerprint density at radius 2 is 1.79 bits per heavy atom. The van der Waals surface area contributed by atoms with Crippen LogP contribution in [0.3, 0.4) is 0 Å². The first-order valence-corrected chi connectivity index (χ1v) is 12.2. The summed E-state index contributed by atoms with van der Waals surface area (Å²) in [6.07, 6.45) is 3.85. The maximum absolute atomic E-state index is 13.4. The molecule has 0 bridgehead atoms. The van der Waals surface area contributed by atoms with E-state index in [1.807, 2.05) is 55.6 Å². The van der Waals surface area contributed by atoms with Gasteiger partial charge >= 0.3 is 0 Å². The molecule has 2 aliphatic rings. The van der Waals surface area contributed by atoms with E-state index in [0.717, 1.165) is 57.0 Å². The number of ketones is 1. The van der Waals surface area contributed by atoms with E-state index in [1.165, 1.54) is 0 Å². The summed E-state index contributed by atoms with van der Waals surface area (Å²) in [5, 5.41) is 0. The van der Waals surface area contributed by atoms with E-state index in [4.69, 9.17) is 9.47 Å². The van der Waals surface area contributed by atoms with Crippen LogP contribution in [0.4, 0.5) is 0 Å². The van der Waals surface area contributed by atoms with Gasteiger partial charge in [0, 0.05) is 18.2 Å². The number of hydrogen-bond donors (Lipinski definition) is 1. The summed E-state index contributed by atoms with van der Waals surface area (Å²) in [6, 6.07) is 13.5. The van der Waals surface area contributed by atoms with Gasteiger partial charge in [0.1, 0.15) is 16.8 Å². The average molecular weight is 463 g/mol. The smallest absolute Gasteiger partial charge is 0.231 e. The highest BCUT2D eigenvalue weighted by Crippen LogP contribution is 2.51. The summed E-state index contributed by atoms with van der Waals surface area (Å²) in [5.41, 5.74) is 5.54. The van der Waals surface area contributed by atoms with Crippen molar-refractivity contribution in [3.8, 4) is 22.6 Å². The lowest BCUT2D eigenvalue weighted by molar-refractivity contribution is -0.120. The van der Waals surface area contributed by atoms with Crippen LogP contribution in [-0.4, -0.2) is 28.8 Å². The molecule has 33 heavy (non-hydrogen) atoms. The van der Waals surface area contributed by atoms with Crippen LogP contribution in [0.25, 0.3) is 11.1 Å². The van der Waals surface area contributed by atoms with Gasteiger partial charge in [-0.25, -0.2) is 8.93 Å². The number of aromatic nitrogens is 1. The molecule has 0 spiro atoms. The van der Waals surface area contributed by atoms with Crippen LogP contribution in [0.5, 0.6) is 11.5 Å². The number of benzene rings is 2. The molecule has 7 heteroatoms. The van der Waals surface area contributed by atoms with Crippen molar-refractivity contribution < 1.29 is 18.5 Å². The van der Waals surface area contributed by atoms with E-state index in [1.54, 1.807) is 7.05 Å². The topological polar surface area (TPSA) is 77.5 Å². The number of pyridine rings is 1. The first kappa shape index (κ1) is 21.8. The van der Waals surface area contributed by atoms with Gasteiger partial charge in [0.2, 0.25) is 6.79 Å². The van der Waals surface area contributed by atoms with E-state index in [0.29, 0.717) is 12.2 Å². The molecule has 1 saturated carbocycles. The second-order valence-corrected chi connectivity index (χ2v) is 10.0. The van der Waals surface area contributed by atoms with E-state index >= 15 is 0 Å². The van der Waals surface area contributed by atoms with Crippen molar-refractivity contribution in [2.24, 2.45) is 0 Å². The number of ether oxygens (including phenoxy) is 2. The number of fused-ring (bicyclic) bond motifs is 1. The van der Waals surface area contributed by atoms with Crippen LogP contribution < -0.4 is 14.2 Å². The molecule has 1 aliphatic heterocycles. The predicted octanol–water partition coefficient (Wildman–Crippen LogP) is 4.18. The molecule has 0 radical (unpaired) electrons. The number of hydrogen-bond acceptors (Lipinski definition) is 5. The van der Waals surface area contributed by atoms with E-state index in [9.17, 15) is 9.00 Å². The summed E-state index contributed by atoms with van der Waals surface area (Å²) in [6.45, 7) is 4.31. The van der Waals surface area contributed by atoms with Crippen molar-refractivity contribution >= 4 is 16.8 Å². The highest BCUT2D eigenvalue weighted by Gasteiger charge is 2.51. The lowest BCUT2D eigenvalue weighted by Gasteiger charge is -2.17. The average Bonchev–Trinajstić information content (AvgIpc) is 3.52. The molecule has 1 aliphatic carbocycles. The zero-order chi connectivity index (χ0) is 23.2. The molecular formula is C26H26N2O4S. The molecule has 2 heterocycles. The lowest BCUT2D eigenvalue weighted by Crippen LogP contribution is -2.23. The van der Waals surface area contributed by atoms with Crippen LogP contribution in [0.1, 0.15) is 35.2 Å². The Morgan fingerprint density at radius 1 is 1.06 bits per heavy atom. The fourth-order valence-corrected chi connectivity index (χ4v) is 5.09. The number of carbonyl (C=O) groups is 1. The van der Waals surface area contributed by atoms with Crippen molar-refractivity contribution in [1.29, 1.82) is 0 Å². The van der Waals surface area contributed by atoms with Gasteiger partial charge in [-0.2, -0.15) is 0 Å². The summed E-state index contributed by atoms with van der Waals surface area (Å²) in [5.74, 6) is 1.64. The number of nitrogens with one attached hydrogen (secondary N) is 1. The molecule has 1 N–H and O–H groups in total. The van der Waals surface area contributed by atoms with Gasteiger partial charge in [0.15, 0.2) is 11.5 Å². The molecule has 0 amide bonds. The first-order valence-electron chi connectivity index (χ1n) is 11.0. The molecular weight excluding hydrogens is 436 g/mol. The molecule has 6 nitrogen and oxygen atoms in total. The third-order valence-electron chi connectivity index (χ3n) is 6.85. The van der Waals surface area contributed by atoms with E-state index in [-0.39, 0.29) is 12.6 Å². The van der Waals surface area contributed by atoms with Crippen LogP contribution in [0, 0.1) is 13.8 Å². The maximum Gasteiger partial charge on any atom is 0.231 e. The molecule has 2 aromatic carbocycles. The number of rotatable bonds is 7. The Hall–Kier alpha value is -3.03. The minimum atomic E-state index is -1.21. The van der Waals surface area contributed by atoms with Crippen molar-refractivity contribution in [1.82, 2.24) is 9.71 Å². The number of nitrogens with zero attached hydrogens (tertiary/aromatic N) is 1. The molecule has 3 aromatic rings. The van der Waals surface area contributed by atoms with Gasteiger partial charge in [-0.15, -0.1) is 0 Å². The quantitative estimate of drug-likeness (QED) is 0.570. The molecule has 170 valence electrons. The largest absolute Gasteiger partial charge is 0.454 e. The normalized spacial score (nSPS) is 16.5. The van der Waals surface area contributed by atoms with Gasteiger partial charge in [0.25, 0.3) is 0 Å². The van der Waals surface area contributed by atoms with Crippen LogP contribution in [0.15, 0.2) is 53.6 Å².